The number of para-hydroxylation sites is 1. The summed E-state index contributed by atoms with van der Waals surface area (Å²) in [5, 5.41) is 13.8. The van der Waals surface area contributed by atoms with Crippen molar-refractivity contribution in [3.63, 3.8) is 0 Å². The highest BCUT2D eigenvalue weighted by atomic mass is 16.6. The molecule has 0 radical (unpaired) electrons. The van der Waals surface area contributed by atoms with Crippen molar-refractivity contribution in [2.45, 2.75) is 32.7 Å². The number of anilines is 2. The minimum absolute atomic E-state index is 0.0300. The Morgan fingerprint density at radius 3 is 2.84 bits per heavy atom. The van der Waals surface area contributed by atoms with E-state index in [-0.39, 0.29) is 24.2 Å². The van der Waals surface area contributed by atoms with Crippen LogP contribution in [0.4, 0.5) is 17.1 Å². The molecule has 1 aliphatic heterocycles. The Balaban J connectivity index is 1.77. The minimum atomic E-state index is -0.460. The maximum atomic E-state index is 12.5. The highest BCUT2D eigenvalue weighted by Gasteiger charge is 2.24. The van der Waals surface area contributed by atoms with Gasteiger partial charge in [-0.25, -0.2) is 0 Å². The molecular formula is C19H21N3O3. The highest BCUT2D eigenvalue weighted by Crippen LogP contribution is 2.30. The van der Waals surface area contributed by atoms with E-state index in [4.69, 9.17) is 0 Å². The number of aryl methyl sites for hydroxylation is 2. The van der Waals surface area contributed by atoms with E-state index in [1.165, 1.54) is 17.7 Å². The van der Waals surface area contributed by atoms with Crippen LogP contribution in [0.3, 0.4) is 0 Å². The number of nitro benzene ring substituents is 1. The molecule has 2 aromatic rings. The van der Waals surface area contributed by atoms with Crippen molar-refractivity contribution in [3.8, 4) is 0 Å². The molecule has 130 valence electrons. The summed E-state index contributed by atoms with van der Waals surface area (Å²) in [6.45, 7) is 4.15. The van der Waals surface area contributed by atoms with E-state index < -0.39 is 4.92 Å². The van der Waals surface area contributed by atoms with Gasteiger partial charge in [0, 0.05) is 23.9 Å². The first-order valence-electron chi connectivity index (χ1n) is 8.35. The van der Waals surface area contributed by atoms with Crippen molar-refractivity contribution >= 4 is 23.0 Å². The zero-order valence-electron chi connectivity index (χ0n) is 14.4. The second-order valence-electron chi connectivity index (χ2n) is 6.45. The fourth-order valence-electron chi connectivity index (χ4n) is 3.20. The second-order valence-corrected chi connectivity index (χ2v) is 6.45. The third-order valence-corrected chi connectivity index (χ3v) is 4.68. The standard InChI is InChI=1S/C19H21N3O3/c1-13-7-10-16(22(24)25)11-17(13)20-19(23)12-21-14(2)8-9-15-5-3-4-6-18(15)21/h3-7,10-11,14H,8-9,12H2,1-2H3,(H,20,23). The van der Waals surface area contributed by atoms with Crippen molar-refractivity contribution in [2.24, 2.45) is 0 Å². The fourth-order valence-corrected chi connectivity index (χ4v) is 3.20. The first kappa shape index (κ1) is 17.0. The Bertz CT molecular complexity index is 819. The Kier molecular flexibility index (Phi) is 4.70. The summed E-state index contributed by atoms with van der Waals surface area (Å²) >= 11 is 0. The predicted octanol–water partition coefficient (Wildman–Crippen LogP) is 3.68. The van der Waals surface area contributed by atoms with Crippen LogP contribution in [0.25, 0.3) is 0 Å². The van der Waals surface area contributed by atoms with Gasteiger partial charge in [0.25, 0.3) is 5.69 Å². The quantitative estimate of drug-likeness (QED) is 0.681. The van der Waals surface area contributed by atoms with Gasteiger partial charge >= 0.3 is 0 Å². The van der Waals surface area contributed by atoms with E-state index in [2.05, 4.69) is 23.2 Å². The van der Waals surface area contributed by atoms with Gasteiger partial charge in [0.15, 0.2) is 0 Å². The summed E-state index contributed by atoms with van der Waals surface area (Å²) in [5.41, 5.74) is 3.59. The maximum absolute atomic E-state index is 12.5. The molecule has 0 fully saturated rings. The molecule has 0 saturated heterocycles. The first-order valence-corrected chi connectivity index (χ1v) is 8.35. The molecule has 0 saturated carbocycles. The van der Waals surface area contributed by atoms with Gasteiger partial charge in [0.05, 0.1) is 17.2 Å². The van der Waals surface area contributed by atoms with Gasteiger partial charge in [-0.05, 0) is 43.9 Å². The minimum Gasteiger partial charge on any atom is -0.359 e. The number of nitrogens with one attached hydrogen (secondary N) is 1. The SMILES string of the molecule is Cc1ccc([N+](=O)[O-])cc1NC(=O)CN1c2ccccc2CCC1C. The number of carbonyl (C=O) groups excluding carboxylic acids is 1. The lowest BCUT2D eigenvalue weighted by Gasteiger charge is -2.36. The summed E-state index contributed by atoms with van der Waals surface area (Å²) in [6, 6.07) is 12.9. The molecule has 3 rings (SSSR count). The van der Waals surface area contributed by atoms with Gasteiger partial charge in [-0.2, -0.15) is 0 Å². The number of benzene rings is 2. The van der Waals surface area contributed by atoms with Crippen LogP contribution in [0.2, 0.25) is 0 Å². The fraction of sp³-hybridized carbons (Fsp3) is 0.316. The van der Waals surface area contributed by atoms with Crippen molar-refractivity contribution in [2.75, 3.05) is 16.8 Å². The lowest BCUT2D eigenvalue weighted by molar-refractivity contribution is -0.384. The molecule has 2 aromatic carbocycles. The van der Waals surface area contributed by atoms with E-state index in [1.807, 2.05) is 25.1 Å². The van der Waals surface area contributed by atoms with Crippen LogP contribution < -0.4 is 10.2 Å². The average molecular weight is 339 g/mol. The molecular weight excluding hydrogens is 318 g/mol. The number of nitrogens with zero attached hydrogens (tertiary/aromatic N) is 2. The molecule has 0 aliphatic carbocycles. The summed E-state index contributed by atoms with van der Waals surface area (Å²) in [7, 11) is 0. The number of fused-ring (bicyclic) bond motifs is 1. The van der Waals surface area contributed by atoms with Crippen molar-refractivity contribution in [1.82, 2.24) is 0 Å². The monoisotopic (exact) mass is 339 g/mol. The van der Waals surface area contributed by atoms with Gasteiger partial charge in [0.2, 0.25) is 5.91 Å². The third-order valence-electron chi connectivity index (χ3n) is 4.68. The molecule has 0 aromatic heterocycles. The summed E-state index contributed by atoms with van der Waals surface area (Å²) in [6.07, 6.45) is 2.01. The molecule has 1 unspecified atom stereocenters. The van der Waals surface area contributed by atoms with Crippen molar-refractivity contribution in [1.29, 1.82) is 0 Å². The van der Waals surface area contributed by atoms with Crippen molar-refractivity contribution < 1.29 is 9.72 Å². The van der Waals surface area contributed by atoms with Crippen molar-refractivity contribution in [3.05, 3.63) is 63.7 Å². The Morgan fingerprint density at radius 2 is 2.08 bits per heavy atom. The van der Waals surface area contributed by atoms with E-state index >= 15 is 0 Å². The third kappa shape index (κ3) is 3.63. The zero-order valence-corrected chi connectivity index (χ0v) is 14.4. The van der Waals surface area contributed by atoms with Crippen LogP contribution in [0, 0.1) is 17.0 Å². The predicted molar refractivity (Wildman–Crippen MR) is 98.0 cm³/mol. The van der Waals surface area contributed by atoms with Gasteiger partial charge in [-0.1, -0.05) is 24.3 Å². The van der Waals surface area contributed by atoms with Gasteiger partial charge in [-0.3, -0.25) is 14.9 Å². The molecule has 25 heavy (non-hydrogen) atoms. The summed E-state index contributed by atoms with van der Waals surface area (Å²) < 4.78 is 0. The largest absolute Gasteiger partial charge is 0.359 e. The van der Waals surface area contributed by atoms with E-state index in [9.17, 15) is 14.9 Å². The van der Waals surface area contributed by atoms with Gasteiger partial charge in [0.1, 0.15) is 0 Å². The molecule has 1 heterocycles. The molecule has 0 spiro atoms. The second kappa shape index (κ2) is 6.93. The molecule has 0 bridgehead atoms. The number of nitro groups is 1. The number of hydrogen-bond donors (Lipinski definition) is 1. The molecule has 6 nitrogen and oxygen atoms in total. The number of amides is 1. The molecule has 1 N–H and O–H groups in total. The van der Waals surface area contributed by atoms with Crippen LogP contribution in [0.1, 0.15) is 24.5 Å². The van der Waals surface area contributed by atoms with Crippen LogP contribution in [-0.2, 0) is 11.2 Å². The molecule has 6 heteroatoms. The summed E-state index contributed by atoms with van der Waals surface area (Å²) in [4.78, 5) is 25.1. The number of rotatable bonds is 4. The highest BCUT2D eigenvalue weighted by molar-refractivity contribution is 5.95. The normalized spacial score (nSPS) is 16.2. The lowest BCUT2D eigenvalue weighted by Crippen LogP contribution is -2.42. The maximum Gasteiger partial charge on any atom is 0.271 e. The Labute approximate surface area is 146 Å². The van der Waals surface area contributed by atoms with E-state index in [1.54, 1.807) is 6.07 Å². The average Bonchev–Trinajstić information content (AvgIpc) is 2.59. The lowest BCUT2D eigenvalue weighted by atomic mass is 9.96. The molecule has 1 aliphatic rings. The number of carbonyl (C=O) groups is 1. The van der Waals surface area contributed by atoms with Crippen LogP contribution in [0.15, 0.2) is 42.5 Å². The Hall–Kier alpha value is -2.89. The van der Waals surface area contributed by atoms with Crippen LogP contribution in [-0.4, -0.2) is 23.4 Å². The van der Waals surface area contributed by atoms with E-state index in [0.717, 1.165) is 24.1 Å². The topological polar surface area (TPSA) is 75.5 Å². The smallest absolute Gasteiger partial charge is 0.271 e. The zero-order chi connectivity index (χ0) is 18.0. The van der Waals surface area contributed by atoms with Gasteiger partial charge < -0.3 is 10.2 Å². The molecule has 1 amide bonds. The van der Waals surface area contributed by atoms with Crippen LogP contribution in [0.5, 0.6) is 0 Å². The van der Waals surface area contributed by atoms with Gasteiger partial charge in [-0.15, -0.1) is 0 Å². The Morgan fingerprint density at radius 1 is 1.32 bits per heavy atom. The summed E-state index contributed by atoms with van der Waals surface area (Å²) in [5.74, 6) is -0.174. The number of non-ortho nitro benzene ring substituents is 1. The molecule has 1 atom stereocenters. The van der Waals surface area contributed by atoms with E-state index in [0.29, 0.717) is 5.69 Å². The van der Waals surface area contributed by atoms with Crippen LogP contribution >= 0.6 is 0 Å². The number of hydrogen-bond acceptors (Lipinski definition) is 4. The first-order chi connectivity index (χ1) is 12.0.